The Morgan fingerprint density at radius 1 is 1.31 bits per heavy atom. The number of halogens is 3. The lowest BCUT2D eigenvalue weighted by Gasteiger charge is -2.05. The van der Waals surface area contributed by atoms with Crippen LogP contribution in [0, 0.1) is 0 Å². The molecule has 3 nitrogen and oxygen atoms in total. The molecular weight excluding hydrogens is 221 g/mol. The van der Waals surface area contributed by atoms with Crippen molar-refractivity contribution < 1.29 is 18.3 Å². The summed E-state index contributed by atoms with van der Waals surface area (Å²) in [5, 5.41) is 9.06. The molecule has 0 spiro atoms. The highest BCUT2D eigenvalue weighted by Gasteiger charge is 2.30. The van der Waals surface area contributed by atoms with Crippen LogP contribution in [-0.2, 0) is 6.18 Å². The van der Waals surface area contributed by atoms with Gasteiger partial charge in [0, 0.05) is 12.4 Å². The number of aliphatic hydroxyl groups excluding tert-OH is 1. The highest BCUT2D eigenvalue weighted by Crippen LogP contribution is 2.29. The van der Waals surface area contributed by atoms with Gasteiger partial charge in [-0.25, -0.2) is 4.98 Å². The van der Waals surface area contributed by atoms with Crippen LogP contribution in [0.2, 0.25) is 0 Å². The quantitative estimate of drug-likeness (QED) is 0.762. The summed E-state index contributed by atoms with van der Waals surface area (Å²) in [6, 6.07) is 2.17. The van der Waals surface area contributed by atoms with Crippen molar-refractivity contribution in [2.24, 2.45) is 0 Å². The Bertz CT molecular complexity index is 557. The molecule has 0 aliphatic rings. The summed E-state index contributed by atoms with van der Waals surface area (Å²) in [5.74, 6) is -0.280. The topological polar surface area (TPSA) is 37.5 Å². The first-order chi connectivity index (χ1) is 7.38. The average Bonchev–Trinajstić information content (AvgIpc) is 2.58. The summed E-state index contributed by atoms with van der Waals surface area (Å²) >= 11 is 0. The lowest BCUT2D eigenvalue weighted by molar-refractivity contribution is -0.137. The standard InChI is InChI=1S/C10H7F3N2O/c1-6(16)8-5-15-4-7(10(11,12)13)2-3-9(15)14-8/h2-5,16H,1H2. The van der Waals surface area contributed by atoms with Gasteiger partial charge in [0.25, 0.3) is 0 Å². The normalized spacial score (nSPS) is 11.9. The number of hydrogen-bond donors (Lipinski definition) is 1. The van der Waals surface area contributed by atoms with Crippen molar-refractivity contribution in [3.8, 4) is 0 Å². The lowest BCUT2D eigenvalue weighted by atomic mass is 10.3. The van der Waals surface area contributed by atoms with E-state index in [1.165, 1.54) is 16.7 Å². The molecule has 84 valence electrons. The van der Waals surface area contributed by atoms with E-state index in [0.29, 0.717) is 5.65 Å². The number of aromatic nitrogens is 2. The molecule has 0 atom stereocenters. The van der Waals surface area contributed by atoms with Crippen molar-refractivity contribution in [1.29, 1.82) is 0 Å². The van der Waals surface area contributed by atoms with Gasteiger partial charge in [0.2, 0.25) is 0 Å². The third-order valence-corrected chi connectivity index (χ3v) is 2.07. The van der Waals surface area contributed by atoms with Crippen LogP contribution < -0.4 is 0 Å². The maximum Gasteiger partial charge on any atom is 0.417 e. The van der Waals surface area contributed by atoms with Crippen LogP contribution in [0.1, 0.15) is 11.3 Å². The van der Waals surface area contributed by atoms with E-state index in [9.17, 15) is 13.2 Å². The summed E-state index contributed by atoms with van der Waals surface area (Å²) in [4.78, 5) is 3.88. The van der Waals surface area contributed by atoms with Gasteiger partial charge in [-0.15, -0.1) is 0 Å². The number of aliphatic hydroxyl groups is 1. The van der Waals surface area contributed by atoms with Crippen LogP contribution in [0.15, 0.2) is 31.1 Å². The zero-order chi connectivity index (χ0) is 11.9. The van der Waals surface area contributed by atoms with Crippen molar-refractivity contribution >= 4 is 11.4 Å². The van der Waals surface area contributed by atoms with Gasteiger partial charge in [-0.05, 0) is 12.1 Å². The molecule has 0 saturated heterocycles. The molecule has 0 amide bonds. The van der Waals surface area contributed by atoms with Crippen molar-refractivity contribution in [2.45, 2.75) is 6.18 Å². The van der Waals surface area contributed by atoms with Gasteiger partial charge >= 0.3 is 6.18 Å². The van der Waals surface area contributed by atoms with E-state index in [0.717, 1.165) is 12.3 Å². The molecule has 0 bridgehead atoms. The third kappa shape index (κ3) is 1.73. The first-order valence-electron chi connectivity index (χ1n) is 4.32. The first-order valence-corrected chi connectivity index (χ1v) is 4.32. The number of fused-ring (bicyclic) bond motifs is 1. The minimum atomic E-state index is -4.39. The van der Waals surface area contributed by atoms with Crippen molar-refractivity contribution in [3.63, 3.8) is 0 Å². The molecule has 2 aromatic rings. The molecule has 0 aliphatic carbocycles. The van der Waals surface area contributed by atoms with Crippen molar-refractivity contribution in [1.82, 2.24) is 9.38 Å². The van der Waals surface area contributed by atoms with Crippen LogP contribution in [0.3, 0.4) is 0 Å². The Morgan fingerprint density at radius 2 is 2.00 bits per heavy atom. The molecule has 0 saturated carbocycles. The second-order valence-electron chi connectivity index (χ2n) is 3.25. The highest BCUT2D eigenvalue weighted by molar-refractivity contribution is 5.56. The van der Waals surface area contributed by atoms with E-state index in [2.05, 4.69) is 11.6 Å². The number of imidazole rings is 1. The molecule has 2 heterocycles. The van der Waals surface area contributed by atoms with Gasteiger partial charge in [0.15, 0.2) is 0 Å². The van der Waals surface area contributed by atoms with Gasteiger partial charge in [-0.1, -0.05) is 6.58 Å². The van der Waals surface area contributed by atoms with Crippen LogP contribution in [-0.4, -0.2) is 14.5 Å². The predicted molar refractivity (Wildman–Crippen MR) is 51.9 cm³/mol. The Labute approximate surface area is 88.5 Å². The van der Waals surface area contributed by atoms with E-state index >= 15 is 0 Å². The molecule has 0 unspecified atom stereocenters. The SMILES string of the molecule is C=C(O)c1cn2cc(C(F)(F)F)ccc2n1. The molecule has 16 heavy (non-hydrogen) atoms. The van der Waals surface area contributed by atoms with Crippen LogP contribution in [0.25, 0.3) is 11.4 Å². The lowest BCUT2D eigenvalue weighted by Crippen LogP contribution is -2.05. The Morgan fingerprint density at radius 3 is 2.56 bits per heavy atom. The number of nitrogens with zero attached hydrogens (tertiary/aromatic N) is 2. The Balaban J connectivity index is 2.58. The molecule has 2 aromatic heterocycles. The van der Waals surface area contributed by atoms with Crippen molar-refractivity contribution in [3.05, 3.63) is 42.4 Å². The second-order valence-corrected chi connectivity index (χ2v) is 3.25. The Hall–Kier alpha value is -1.98. The zero-order valence-corrected chi connectivity index (χ0v) is 7.99. The minimum Gasteiger partial charge on any atom is -0.506 e. The molecule has 1 N–H and O–H groups in total. The number of alkyl halides is 3. The van der Waals surface area contributed by atoms with E-state index in [1.54, 1.807) is 0 Å². The molecular formula is C10H7F3N2O. The molecule has 0 fully saturated rings. The van der Waals surface area contributed by atoms with Crippen LogP contribution in [0.5, 0.6) is 0 Å². The van der Waals surface area contributed by atoms with E-state index in [4.69, 9.17) is 5.11 Å². The predicted octanol–water partition coefficient (Wildman–Crippen LogP) is 2.88. The molecule has 2 rings (SSSR count). The summed E-state index contributed by atoms with van der Waals surface area (Å²) in [6.45, 7) is 3.25. The first kappa shape index (κ1) is 10.5. The molecule has 0 aliphatic heterocycles. The van der Waals surface area contributed by atoms with E-state index < -0.39 is 11.7 Å². The van der Waals surface area contributed by atoms with Gasteiger partial charge in [-0.3, -0.25) is 0 Å². The van der Waals surface area contributed by atoms with Gasteiger partial charge in [0.05, 0.1) is 5.56 Å². The van der Waals surface area contributed by atoms with Gasteiger partial charge in [0.1, 0.15) is 17.1 Å². The smallest absolute Gasteiger partial charge is 0.417 e. The zero-order valence-electron chi connectivity index (χ0n) is 7.99. The molecule has 0 aromatic carbocycles. The summed E-state index contributed by atoms with van der Waals surface area (Å²) in [5.41, 5.74) is -0.301. The monoisotopic (exact) mass is 228 g/mol. The minimum absolute atomic E-state index is 0.152. The maximum absolute atomic E-state index is 12.4. The van der Waals surface area contributed by atoms with E-state index in [1.807, 2.05) is 0 Å². The largest absolute Gasteiger partial charge is 0.506 e. The fourth-order valence-corrected chi connectivity index (χ4v) is 1.30. The average molecular weight is 228 g/mol. The Kier molecular flexibility index (Phi) is 2.15. The van der Waals surface area contributed by atoms with Gasteiger partial charge < -0.3 is 9.51 Å². The second kappa shape index (κ2) is 3.26. The summed E-state index contributed by atoms with van der Waals surface area (Å²) < 4.78 is 38.3. The van der Waals surface area contributed by atoms with E-state index in [-0.39, 0.29) is 11.5 Å². The fourth-order valence-electron chi connectivity index (χ4n) is 1.30. The van der Waals surface area contributed by atoms with Gasteiger partial charge in [-0.2, -0.15) is 13.2 Å². The number of pyridine rings is 1. The number of hydrogen-bond acceptors (Lipinski definition) is 2. The summed E-state index contributed by atoms with van der Waals surface area (Å²) in [6.07, 6.45) is -2.20. The highest BCUT2D eigenvalue weighted by atomic mass is 19.4. The molecule has 6 heteroatoms. The van der Waals surface area contributed by atoms with Crippen LogP contribution >= 0.6 is 0 Å². The number of rotatable bonds is 1. The fraction of sp³-hybridized carbons (Fsp3) is 0.100. The molecule has 0 radical (unpaired) electrons. The summed E-state index contributed by atoms with van der Waals surface area (Å²) in [7, 11) is 0. The van der Waals surface area contributed by atoms with Crippen molar-refractivity contribution in [2.75, 3.05) is 0 Å². The third-order valence-electron chi connectivity index (χ3n) is 2.07. The van der Waals surface area contributed by atoms with Crippen LogP contribution in [0.4, 0.5) is 13.2 Å². The maximum atomic E-state index is 12.4.